The maximum Gasteiger partial charge on any atom is 0.223 e. The molecule has 2 atom stereocenters. The van der Waals surface area contributed by atoms with E-state index in [1.807, 2.05) is 19.0 Å². The van der Waals surface area contributed by atoms with E-state index < -0.39 is 0 Å². The Bertz CT molecular complexity index is 206. The average Bonchev–Trinajstić information content (AvgIpc) is 2.25. The average molecular weight is 212 g/mol. The number of hydrogen-bond donors (Lipinski definition) is 1. The molecule has 1 rings (SSSR count). The molecule has 1 amide bonds. The van der Waals surface area contributed by atoms with Crippen molar-refractivity contribution in [2.75, 3.05) is 20.6 Å². The fraction of sp³-hybridized carbons (Fsp3) is 0.917. The van der Waals surface area contributed by atoms with Crippen molar-refractivity contribution in [2.45, 2.75) is 45.1 Å². The Kier molecular flexibility index (Phi) is 5.09. The van der Waals surface area contributed by atoms with Crippen LogP contribution in [-0.4, -0.2) is 37.5 Å². The molecule has 3 nitrogen and oxygen atoms in total. The monoisotopic (exact) mass is 212 g/mol. The quantitative estimate of drug-likeness (QED) is 0.768. The van der Waals surface area contributed by atoms with Crippen LogP contribution in [0.4, 0.5) is 0 Å². The van der Waals surface area contributed by atoms with E-state index in [0.717, 1.165) is 6.54 Å². The number of nitrogens with one attached hydrogen (secondary N) is 1. The first kappa shape index (κ1) is 12.5. The lowest BCUT2D eigenvalue weighted by molar-refractivity contribution is -0.133. The Hall–Kier alpha value is -0.570. The van der Waals surface area contributed by atoms with Crippen LogP contribution in [0.2, 0.25) is 0 Å². The Morgan fingerprint density at radius 2 is 2.07 bits per heavy atom. The SMILES string of the molecule is CNCCC(=O)N(C)C1CCCCC1C. The van der Waals surface area contributed by atoms with Crippen molar-refractivity contribution in [1.82, 2.24) is 10.2 Å². The number of rotatable bonds is 4. The highest BCUT2D eigenvalue weighted by Gasteiger charge is 2.27. The Morgan fingerprint density at radius 1 is 1.40 bits per heavy atom. The number of carbonyl (C=O) groups excluding carboxylic acids is 1. The van der Waals surface area contributed by atoms with Gasteiger partial charge >= 0.3 is 0 Å². The molecule has 2 unspecified atom stereocenters. The van der Waals surface area contributed by atoms with Crippen molar-refractivity contribution < 1.29 is 4.79 Å². The third-order valence-corrected chi connectivity index (χ3v) is 3.55. The molecule has 0 aromatic rings. The molecule has 3 heteroatoms. The van der Waals surface area contributed by atoms with Crippen LogP contribution in [0.3, 0.4) is 0 Å². The van der Waals surface area contributed by atoms with Crippen LogP contribution >= 0.6 is 0 Å². The maximum atomic E-state index is 11.8. The van der Waals surface area contributed by atoms with E-state index in [0.29, 0.717) is 18.4 Å². The summed E-state index contributed by atoms with van der Waals surface area (Å²) in [6.45, 7) is 3.05. The smallest absolute Gasteiger partial charge is 0.223 e. The van der Waals surface area contributed by atoms with Crippen molar-refractivity contribution in [3.05, 3.63) is 0 Å². The largest absolute Gasteiger partial charge is 0.342 e. The van der Waals surface area contributed by atoms with E-state index in [2.05, 4.69) is 12.2 Å². The zero-order chi connectivity index (χ0) is 11.3. The van der Waals surface area contributed by atoms with Gasteiger partial charge in [-0.05, 0) is 25.8 Å². The summed E-state index contributed by atoms with van der Waals surface area (Å²) in [6, 6.07) is 0.475. The lowest BCUT2D eigenvalue weighted by Crippen LogP contribution is -2.43. The highest BCUT2D eigenvalue weighted by Crippen LogP contribution is 2.27. The van der Waals surface area contributed by atoms with Crippen LogP contribution in [-0.2, 0) is 4.79 Å². The van der Waals surface area contributed by atoms with Gasteiger partial charge in [-0.1, -0.05) is 19.8 Å². The molecular formula is C12H24N2O. The lowest BCUT2D eigenvalue weighted by atomic mass is 9.85. The summed E-state index contributed by atoms with van der Waals surface area (Å²) in [6.07, 6.45) is 5.68. The summed E-state index contributed by atoms with van der Waals surface area (Å²) < 4.78 is 0. The molecule has 1 aliphatic carbocycles. The third-order valence-electron chi connectivity index (χ3n) is 3.55. The number of carbonyl (C=O) groups is 1. The first-order valence-electron chi connectivity index (χ1n) is 6.07. The van der Waals surface area contributed by atoms with Gasteiger partial charge in [0.25, 0.3) is 0 Å². The molecule has 1 aliphatic rings. The second kappa shape index (κ2) is 6.11. The van der Waals surface area contributed by atoms with Crippen LogP contribution < -0.4 is 5.32 Å². The van der Waals surface area contributed by atoms with Gasteiger partial charge in [0.05, 0.1) is 0 Å². The van der Waals surface area contributed by atoms with Crippen LogP contribution in [0.15, 0.2) is 0 Å². The second-order valence-corrected chi connectivity index (χ2v) is 4.69. The van der Waals surface area contributed by atoms with Crippen molar-refractivity contribution in [3.63, 3.8) is 0 Å². The van der Waals surface area contributed by atoms with Crippen molar-refractivity contribution in [3.8, 4) is 0 Å². The van der Waals surface area contributed by atoms with Gasteiger partial charge in [0.15, 0.2) is 0 Å². The van der Waals surface area contributed by atoms with Crippen molar-refractivity contribution in [2.24, 2.45) is 5.92 Å². The molecule has 0 spiro atoms. The predicted octanol–water partition coefficient (Wildman–Crippen LogP) is 1.63. The predicted molar refractivity (Wildman–Crippen MR) is 62.7 cm³/mol. The first-order valence-corrected chi connectivity index (χ1v) is 6.07. The summed E-state index contributed by atoms with van der Waals surface area (Å²) >= 11 is 0. The summed E-state index contributed by atoms with van der Waals surface area (Å²) in [4.78, 5) is 13.8. The highest BCUT2D eigenvalue weighted by atomic mass is 16.2. The molecular weight excluding hydrogens is 188 g/mol. The lowest BCUT2D eigenvalue weighted by Gasteiger charge is -2.36. The molecule has 0 aromatic carbocycles. The number of amides is 1. The zero-order valence-corrected chi connectivity index (χ0v) is 10.3. The minimum atomic E-state index is 0.281. The van der Waals surface area contributed by atoms with Crippen molar-refractivity contribution >= 4 is 5.91 Å². The van der Waals surface area contributed by atoms with Gasteiger partial charge in [0, 0.05) is 26.1 Å². The molecule has 0 bridgehead atoms. The fourth-order valence-electron chi connectivity index (χ4n) is 2.47. The van der Waals surface area contributed by atoms with Gasteiger partial charge in [-0.3, -0.25) is 4.79 Å². The summed E-state index contributed by atoms with van der Waals surface area (Å²) in [7, 11) is 3.85. The molecule has 0 aliphatic heterocycles. The molecule has 0 aromatic heterocycles. The molecule has 0 saturated heterocycles. The van der Waals surface area contributed by atoms with E-state index >= 15 is 0 Å². The Balaban J connectivity index is 2.42. The van der Waals surface area contributed by atoms with E-state index in [-0.39, 0.29) is 5.91 Å². The minimum Gasteiger partial charge on any atom is -0.342 e. The Morgan fingerprint density at radius 3 is 2.67 bits per heavy atom. The second-order valence-electron chi connectivity index (χ2n) is 4.69. The number of hydrogen-bond acceptors (Lipinski definition) is 2. The maximum absolute atomic E-state index is 11.8. The van der Waals surface area contributed by atoms with E-state index in [9.17, 15) is 4.79 Å². The normalized spacial score (nSPS) is 26.3. The fourth-order valence-corrected chi connectivity index (χ4v) is 2.47. The van der Waals surface area contributed by atoms with Gasteiger partial charge in [0.2, 0.25) is 5.91 Å². The summed E-state index contributed by atoms with van der Waals surface area (Å²) in [5.74, 6) is 0.949. The van der Waals surface area contributed by atoms with Crippen molar-refractivity contribution in [1.29, 1.82) is 0 Å². The van der Waals surface area contributed by atoms with E-state index in [1.165, 1.54) is 25.7 Å². The summed E-state index contributed by atoms with van der Waals surface area (Å²) in [5.41, 5.74) is 0. The van der Waals surface area contributed by atoms with E-state index in [4.69, 9.17) is 0 Å². The van der Waals surface area contributed by atoms with E-state index in [1.54, 1.807) is 0 Å². The van der Waals surface area contributed by atoms with Gasteiger partial charge in [-0.2, -0.15) is 0 Å². The standard InChI is InChI=1S/C12H24N2O/c1-10-6-4-5-7-11(10)14(3)12(15)8-9-13-2/h10-11,13H,4-9H2,1-3H3. The molecule has 0 heterocycles. The topological polar surface area (TPSA) is 32.3 Å². The summed E-state index contributed by atoms with van der Waals surface area (Å²) in [5, 5.41) is 3.02. The van der Waals surface area contributed by atoms with Crippen LogP contribution in [0.25, 0.3) is 0 Å². The minimum absolute atomic E-state index is 0.281. The zero-order valence-electron chi connectivity index (χ0n) is 10.3. The number of nitrogens with zero attached hydrogens (tertiary/aromatic N) is 1. The van der Waals surface area contributed by atoms with Gasteiger partial charge in [-0.15, -0.1) is 0 Å². The molecule has 15 heavy (non-hydrogen) atoms. The molecule has 0 radical (unpaired) electrons. The van der Waals surface area contributed by atoms with Crippen LogP contribution in [0.1, 0.15) is 39.0 Å². The highest BCUT2D eigenvalue weighted by molar-refractivity contribution is 5.76. The molecule has 88 valence electrons. The third kappa shape index (κ3) is 3.49. The first-order chi connectivity index (χ1) is 7.16. The van der Waals surface area contributed by atoms with Gasteiger partial charge in [0.1, 0.15) is 0 Å². The Labute approximate surface area is 93.2 Å². The molecule has 1 saturated carbocycles. The molecule has 1 fully saturated rings. The van der Waals surface area contributed by atoms with Crippen LogP contribution in [0.5, 0.6) is 0 Å². The van der Waals surface area contributed by atoms with Gasteiger partial charge in [-0.25, -0.2) is 0 Å². The van der Waals surface area contributed by atoms with Gasteiger partial charge < -0.3 is 10.2 Å². The molecule has 1 N–H and O–H groups in total. The van der Waals surface area contributed by atoms with Crippen LogP contribution in [0, 0.1) is 5.92 Å².